The Bertz CT molecular complexity index is 484. The second kappa shape index (κ2) is 11.1. The normalized spacial score (nSPS) is 17.2. The zero-order chi connectivity index (χ0) is 17.9. The van der Waals surface area contributed by atoms with Crippen molar-refractivity contribution in [1.29, 1.82) is 0 Å². The highest BCUT2D eigenvalue weighted by atomic mass is 16.6. The van der Waals surface area contributed by atoms with E-state index in [1.54, 1.807) is 6.92 Å². The third-order valence-electron chi connectivity index (χ3n) is 4.42. The first kappa shape index (κ1) is 20.5. The fourth-order valence-corrected chi connectivity index (χ4v) is 3.08. The van der Waals surface area contributed by atoms with E-state index in [0.29, 0.717) is 0 Å². The summed E-state index contributed by atoms with van der Waals surface area (Å²) in [6.45, 7) is 7.78. The molecule has 0 spiro atoms. The summed E-state index contributed by atoms with van der Waals surface area (Å²) in [4.78, 5) is 12.0. The number of carbonyl (C=O) groups excluding carboxylic acids is 1. The summed E-state index contributed by atoms with van der Waals surface area (Å²) in [7, 11) is 0. The van der Waals surface area contributed by atoms with Crippen molar-refractivity contribution in [2.75, 3.05) is 0 Å². The van der Waals surface area contributed by atoms with Crippen LogP contribution < -0.4 is 5.32 Å². The number of benzene rings is 1. The Kier molecular flexibility index (Phi) is 9.46. The molecule has 0 radical (unpaired) electrons. The SMILES string of the molecule is CC.CCc1ccccc1C(O)C(C)OC(=O)NC1CCCCC1. The molecular formula is C20H33NO3. The second-order valence-corrected chi connectivity index (χ2v) is 6.09. The molecule has 1 aromatic rings. The molecule has 2 atom stereocenters. The van der Waals surface area contributed by atoms with Crippen molar-refractivity contribution < 1.29 is 14.6 Å². The van der Waals surface area contributed by atoms with E-state index in [-0.39, 0.29) is 6.04 Å². The van der Waals surface area contributed by atoms with Crippen LogP contribution in [0.25, 0.3) is 0 Å². The lowest BCUT2D eigenvalue weighted by molar-refractivity contribution is 0.00986. The van der Waals surface area contributed by atoms with Gasteiger partial charge in [-0.25, -0.2) is 4.79 Å². The summed E-state index contributed by atoms with van der Waals surface area (Å²) in [5.74, 6) is 0. The molecule has 0 saturated heterocycles. The van der Waals surface area contributed by atoms with E-state index in [0.717, 1.165) is 43.2 Å². The molecule has 1 fully saturated rings. The largest absolute Gasteiger partial charge is 0.443 e. The standard InChI is InChI=1S/C18H27NO3.C2H6/c1-3-14-9-7-8-12-16(14)17(20)13(2)22-18(21)19-15-10-5-4-6-11-15;1-2/h7-9,12-13,15,17,20H,3-6,10-11H2,1-2H3,(H,19,21);1-2H3. The van der Waals surface area contributed by atoms with Crippen LogP contribution in [-0.4, -0.2) is 23.3 Å². The lowest BCUT2D eigenvalue weighted by Crippen LogP contribution is -2.39. The van der Waals surface area contributed by atoms with E-state index < -0.39 is 18.3 Å². The smallest absolute Gasteiger partial charge is 0.407 e. The molecule has 0 aliphatic heterocycles. The summed E-state index contributed by atoms with van der Waals surface area (Å²) < 4.78 is 5.37. The minimum absolute atomic E-state index is 0.216. The van der Waals surface area contributed by atoms with Gasteiger partial charge >= 0.3 is 6.09 Å². The molecule has 2 N–H and O–H groups in total. The Morgan fingerprint density at radius 1 is 1.25 bits per heavy atom. The molecule has 0 heterocycles. The number of carbonyl (C=O) groups is 1. The fourth-order valence-electron chi connectivity index (χ4n) is 3.08. The topological polar surface area (TPSA) is 58.6 Å². The van der Waals surface area contributed by atoms with Crippen LogP contribution in [0.15, 0.2) is 24.3 Å². The van der Waals surface area contributed by atoms with Crippen LogP contribution in [0.5, 0.6) is 0 Å². The minimum Gasteiger partial charge on any atom is -0.443 e. The summed E-state index contributed by atoms with van der Waals surface area (Å²) in [5, 5.41) is 13.4. The number of aryl methyl sites for hydroxylation is 1. The van der Waals surface area contributed by atoms with Gasteiger partial charge in [0.25, 0.3) is 0 Å². The van der Waals surface area contributed by atoms with E-state index in [9.17, 15) is 9.90 Å². The van der Waals surface area contributed by atoms with Crippen LogP contribution in [0.4, 0.5) is 4.79 Å². The molecule has 1 aliphatic rings. The molecule has 24 heavy (non-hydrogen) atoms. The zero-order valence-electron chi connectivity index (χ0n) is 15.5. The fraction of sp³-hybridized carbons (Fsp3) is 0.650. The molecule has 1 aromatic carbocycles. The minimum atomic E-state index is -0.798. The zero-order valence-corrected chi connectivity index (χ0v) is 15.5. The molecule has 4 heteroatoms. The van der Waals surface area contributed by atoms with Crippen molar-refractivity contribution in [3.63, 3.8) is 0 Å². The molecule has 0 aromatic heterocycles. The van der Waals surface area contributed by atoms with Gasteiger partial charge < -0.3 is 15.2 Å². The van der Waals surface area contributed by atoms with Gasteiger partial charge in [-0.1, -0.05) is 64.3 Å². The third-order valence-corrected chi connectivity index (χ3v) is 4.42. The van der Waals surface area contributed by atoms with E-state index in [1.165, 1.54) is 6.42 Å². The average molecular weight is 335 g/mol. The maximum absolute atomic E-state index is 12.0. The first-order valence-electron chi connectivity index (χ1n) is 9.34. The van der Waals surface area contributed by atoms with Crippen LogP contribution in [0, 0.1) is 0 Å². The molecule has 1 aliphatic carbocycles. The number of hydrogen-bond donors (Lipinski definition) is 2. The number of hydrogen-bond acceptors (Lipinski definition) is 3. The van der Waals surface area contributed by atoms with Crippen molar-refractivity contribution in [2.45, 2.75) is 84.5 Å². The number of aliphatic hydroxyl groups is 1. The van der Waals surface area contributed by atoms with E-state index in [2.05, 4.69) is 5.32 Å². The first-order valence-corrected chi connectivity index (χ1v) is 9.34. The van der Waals surface area contributed by atoms with Gasteiger partial charge in [0.2, 0.25) is 0 Å². The van der Waals surface area contributed by atoms with Gasteiger partial charge in [-0.15, -0.1) is 0 Å². The summed E-state index contributed by atoms with van der Waals surface area (Å²) in [5.41, 5.74) is 1.92. The van der Waals surface area contributed by atoms with Crippen LogP contribution >= 0.6 is 0 Å². The quantitative estimate of drug-likeness (QED) is 0.816. The third kappa shape index (κ3) is 6.16. The van der Waals surface area contributed by atoms with Gasteiger partial charge in [0, 0.05) is 6.04 Å². The van der Waals surface area contributed by atoms with Crippen molar-refractivity contribution in [1.82, 2.24) is 5.32 Å². The number of aliphatic hydroxyl groups excluding tert-OH is 1. The molecule has 136 valence electrons. The maximum Gasteiger partial charge on any atom is 0.407 e. The van der Waals surface area contributed by atoms with Crippen molar-refractivity contribution in [3.8, 4) is 0 Å². The number of nitrogens with one attached hydrogen (secondary N) is 1. The molecule has 0 bridgehead atoms. The molecule has 1 saturated carbocycles. The van der Waals surface area contributed by atoms with E-state index in [4.69, 9.17) is 4.74 Å². The maximum atomic E-state index is 12.0. The van der Waals surface area contributed by atoms with Crippen molar-refractivity contribution in [3.05, 3.63) is 35.4 Å². The lowest BCUT2D eigenvalue weighted by Gasteiger charge is -2.25. The molecular weight excluding hydrogens is 302 g/mol. The highest BCUT2D eigenvalue weighted by molar-refractivity contribution is 5.67. The number of rotatable bonds is 5. The average Bonchev–Trinajstić information content (AvgIpc) is 2.63. The molecule has 1 amide bonds. The van der Waals surface area contributed by atoms with Crippen LogP contribution in [0.2, 0.25) is 0 Å². The van der Waals surface area contributed by atoms with Gasteiger partial charge in [0.1, 0.15) is 12.2 Å². The van der Waals surface area contributed by atoms with Crippen LogP contribution in [0.1, 0.15) is 77.0 Å². The van der Waals surface area contributed by atoms with Gasteiger partial charge in [0.05, 0.1) is 0 Å². The van der Waals surface area contributed by atoms with Gasteiger partial charge in [-0.2, -0.15) is 0 Å². The van der Waals surface area contributed by atoms with Gasteiger partial charge in [-0.3, -0.25) is 0 Å². The Balaban J connectivity index is 0.00000139. The van der Waals surface area contributed by atoms with Crippen LogP contribution in [-0.2, 0) is 11.2 Å². The van der Waals surface area contributed by atoms with E-state index in [1.807, 2.05) is 45.0 Å². The molecule has 2 unspecified atom stereocenters. The van der Waals surface area contributed by atoms with Gasteiger partial charge in [-0.05, 0) is 37.3 Å². The highest BCUT2D eigenvalue weighted by Crippen LogP contribution is 2.24. The number of alkyl carbamates (subject to hydrolysis) is 1. The molecule has 2 rings (SSSR count). The predicted molar refractivity (Wildman–Crippen MR) is 98.1 cm³/mol. The summed E-state index contributed by atoms with van der Waals surface area (Å²) in [6.07, 6.45) is 4.65. The summed E-state index contributed by atoms with van der Waals surface area (Å²) >= 11 is 0. The molecule has 4 nitrogen and oxygen atoms in total. The lowest BCUT2D eigenvalue weighted by atomic mass is 9.96. The highest BCUT2D eigenvalue weighted by Gasteiger charge is 2.23. The van der Waals surface area contributed by atoms with E-state index >= 15 is 0 Å². The first-order chi connectivity index (χ1) is 11.6. The van der Waals surface area contributed by atoms with Crippen molar-refractivity contribution >= 4 is 6.09 Å². The Labute approximate surface area is 146 Å². The summed E-state index contributed by atoms with van der Waals surface area (Å²) in [6, 6.07) is 7.95. The Morgan fingerprint density at radius 2 is 1.88 bits per heavy atom. The van der Waals surface area contributed by atoms with Crippen molar-refractivity contribution in [2.24, 2.45) is 0 Å². The number of ether oxygens (including phenoxy) is 1. The monoisotopic (exact) mass is 335 g/mol. The Morgan fingerprint density at radius 3 is 2.50 bits per heavy atom. The van der Waals surface area contributed by atoms with Gasteiger partial charge in [0.15, 0.2) is 0 Å². The number of amides is 1. The second-order valence-electron chi connectivity index (χ2n) is 6.09. The Hall–Kier alpha value is -1.55. The van der Waals surface area contributed by atoms with Crippen LogP contribution in [0.3, 0.4) is 0 Å². The predicted octanol–water partition coefficient (Wildman–Crippen LogP) is 4.76.